The van der Waals surface area contributed by atoms with Gasteiger partial charge in [0.05, 0.1) is 11.4 Å². The number of hydrogen-bond acceptors (Lipinski definition) is 4. The van der Waals surface area contributed by atoms with Crippen molar-refractivity contribution in [2.24, 2.45) is 0 Å². The molecule has 142 valence electrons. The summed E-state index contributed by atoms with van der Waals surface area (Å²) in [5.41, 5.74) is 3.70. The first kappa shape index (κ1) is 18.9. The predicted octanol–water partition coefficient (Wildman–Crippen LogP) is 3.07. The smallest absolute Gasteiger partial charge is 0.137 e. The Morgan fingerprint density at radius 1 is 1.04 bits per heavy atom. The zero-order valence-corrected chi connectivity index (χ0v) is 16.7. The maximum absolute atomic E-state index is 5.01. The minimum Gasteiger partial charge on any atom is -0.354 e. The Morgan fingerprint density at radius 2 is 1.73 bits per heavy atom. The van der Waals surface area contributed by atoms with Crippen molar-refractivity contribution in [3.05, 3.63) is 41.6 Å². The minimum atomic E-state index is 0.463. The van der Waals surface area contributed by atoms with Crippen LogP contribution in [-0.4, -0.2) is 53.4 Å². The van der Waals surface area contributed by atoms with Crippen LogP contribution in [0.4, 0.5) is 5.82 Å². The minimum absolute atomic E-state index is 0.463. The molecule has 2 aromatic rings. The van der Waals surface area contributed by atoms with E-state index in [0.29, 0.717) is 6.04 Å². The Hall–Kier alpha value is -1.85. The van der Waals surface area contributed by atoms with E-state index in [2.05, 4.69) is 77.8 Å². The molecule has 5 nitrogen and oxygen atoms in total. The molecule has 0 spiro atoms. The molecule has 1 N–H and O–H groups in total. The van der Waals surface area contributed by atoms with E-state index in [0.717, 1.165) is 51.4 Å². The predicted molar refractivity (Wildman–Crippen MR) is 109 cm³/mol. The third kappa shape index (κ3) is 4.10. The van der Waals surface area contributed by atoms with Gasteiger partial charge in [0, 0.05) is 44.3 Å². The summed E-state index contributed by atoms with van der Waals surface area (Å²) in [5.74, 6) is 1.27. The van der Waals surface area contributed by atoms with E-state index in [4.69, 9.17) is 5.10 Å². The highest BCUT2D eigenvalue weighted by Crippen LogP contribution is 2.29. The van der Waals surface area contributed by atoms with E-state index in [-0.39, 0.29) is 0 Å². The zero-order valence-electron chi connectivity index (χ0n) is 16.7. The second-order valence-electron chi connectivity index (χ2n) is 7.31. The summed E-state index contributed by atoms with van der Waals surface area (Å²) < 4.78 is 2.16. The van der Waals surface area contributed by atoms with Crippen LogP contribution in [0.15, 0.2) is 30.3 Å². The molecule has 0 unspecified atom stereocenters. The SMILES string of the molecule is CCc1nn(-c2ccccc2)c(N2CCN(CC)CC2)c1CNC(C)C. The number of aromatic nitrogens is 2. The van der Waals surface area contributed by atoms with Crippen LogP contribution in [0.25, 0.3) is 5.69 Å². The van der Waals surface area contributed by atoms with Gasteiger partial charge in [0.15, 0.2) is 0 Å². The lowest BCUT2D eigenvalue weighted by molar-refractivity contribution is 0.270. The first-order chi connectivity index (χ1) is 12.6. The Kier molecular flexibility index (Phi) is 6.33. The summed E-state index contributed by atoms with van der Waals surface area (Å²) in [4.78, 5) is 5.05. The molecule has 1 aliphatic rings. The molecular formula is C21H33N5. The largest absolute Gasteiger partial charge is 0.354 e. The van der Waals surface area contributed by atoms with E-state index in [9.17, 15) is 0 Å². The number of benzene rings is 1. The van der Waals surface area contributed by atoms with Gasteiger partial charge in [0.25, 0.3) is 0 Å². The molecule has 0 amide bonds. The lowest BCUT2D eigenvalue weighted by Crippen LogP contribution is -2.47. The highest BCUT2D eigenvalue weighted by Gasteiger charge is 2.25. The third-order valence-corrected chi connectivity index (χ3v) is 5.18. The Labute approximate surface area is 158 Å². The molecule has 0 bridgehead atoms. The number of hydrogen-bond donors (Lipinski definition) is 1. The summed E-state index contributed by atoms with van der Waals surface area (Å²) in [6.07, 6.45) is 0.955. The molecule has 0 saturated carbocycles. The number of piperazine rings is 1. The third-order valence-electron chi connectivity index (χ3n) is 5.18. The van der Waals surface area contributed by atoms with Gasteiger partial charge in [-0.2, -0.15) is 5.10 Å². The second-order valence-corrected chi connectivity index (χ2v) is 7.31. The number of rotatable bonds is 7. The number of likely N-dealkylation sites (N-methyl/N-ethyl adjacent to an activating group) is 1. The van der Waals surface area contributed by atoms with Gasteiger partial charge in [0.2, 0.25) is 0 Å². The maximum Gasteiger partial charge on any atom is 0.137 e. The molecule has 1 aliphatic heterocycles. The average molecular weight is 356 g/mol. The quantitative estimate of drug-likeness (QED) is 0.828. The van der Waals surface area contributed by atoms with Crippen molar-refractivity contribution in [3.63, 3.8) is 0 Å². The van der Waals surface area contributed by atoms with Gasteiger partial charge in [-0.25, -0.2) is 4.68 Å². The number of anilines is 1. The standard InChI is InChI=1S/C21H33N5/c1-5-20-19(16-22-17(3)4)21(25-14-12-24(6-2)13-15-25)26(23-20)18-10-8-7-9-11-18/h7-11,17,22H,5-6,12-16H2,1-4H3. The molecule has 1 fully saturated rings. The fraction of sp³-hybridized carbons (Fsp3) is 0.571. The average Bonchev–Trinajstić information content (AvgIpc) is 3.05. The fourth-order valence-electron chi connectivity index (χ4n) is 3.61. The lowest BCUT2D eigenvalue weighted by atomic mass is 10.1. The molecule has 0 atom stereocenters. The van der Waals surface area contributed by atoms with Crippen molar-refractivity contribution in [1.29, 1.82) is 0 Å². The molecule has 2 heterocycles. The van der Waals surface area contributed by atoms with E-state index in [1.54, 1.807) is 0 Å². The van der Waals surface area contributed by atoms with Crippen LogP contribution in [0.5, 0.6) is 0 Å². The van der Waals surface area contributed by atoms with Gasteiger partial charge >= 0.3 is 0 Å². The molecule has 3 rings (SSSR count). The summed E-state index contributed by atoms with van der Waals surface area (Å²) >= 11 is 0. The number of aryl methyl sites for hydroxylation is 1. The molecule has 0 aliphatic carbocycles. The van der Waals surface area contributed by atoms with Gasteiger partial charge in [-0.15, -0.1) is 0 Å². The summed E-state index contributed by atoms with van der Waals surface area (Å²) in [7, 11) is 0. The molecule has 1 aromatic heterocycles. The van der Waals surface area contributed by atoms with Crippen LogP contribution in [0.3, 0.4) is 0 Å². The van der Waals surface area contributed by atoms with Crippen LogP contribution in [0, 0.1) is 0 Å². The molecule has 1 aromatic carbocycles. The van der Waals surface area contributed by atoms with E-state index < -0.39 is 0 Å². The van der Waals surface area contributed by atoms with Crippen molar-refractivity contribution in [2.45, 2.75) is 46.7 Å². The second kappa shape index (κ2) is 8.69. The Bertz CT molecular complexity index is 684. The van der Waals surface area contributed by atoms with Crippen LogP contribution >= 0.6 is 0 Å². The summed E-state index contributed by atoms with van der Waals surface area (Å²) in [6, 6.07) is 11.0. The normalized spacial score (nSPS) is 15.8. The Morgan fingerprint density at radius 3 is 2.31 bits per heavy atom. The van der Waals surface area contributed by atoms with Crippen molar-refractivity contribution >= 4 is 5.82 Å². The summed E-state index contributed by atoms with van der Waals surface area (Å²) in [5, 5.41) is 8.62. The molecule has 5 heteroatoms. The highest BCUT2D eigenvalue weighted by molar-refractivity contribution is 5.56. The van der Waals surface area contributed by atoms with Gasteiger partial charge in [-0.1, -0.05) is 45.9 Å². The zero-order chi connectivity index (χ0) is 18.5. The number of nitrogens with zero attached hydrogens (tertiary/aromatic N) is 4. The van der Waals surface area contributed by atoms with Crippen LogP contribution < -0.4 is 10.2 Å². The lowest BCUT2D eigenvalue weighted by Gasteiger charge is -2.36. The molecule has 1 saturated heterocycles. The Balaban J connectivity index is 2.01. The van der Waals surface area contributed by atoms with Crippen LogP contribution in [0.2, 0.25) is 0 Å². The number of nitrogens with one attached hydrogen (secondary N) is 1. The molecule has 0 radical (unpaired) electrons. The van der Waals surface area contributed by atoms with Gasteiger partial charge in [0.1, 0.15) is 5.82 Å². The van der Waals surface area contributed by atoms with Gasteiger partial charge in [-0.3, -0.25) is 0 Å². The van der Waals surface area contributed by atoms with E-state index in [1.807, 2.05) is 0 Å². The van der Waals surface area contributed by atoms with E-state index in [1.165, 1.54) is 17.1 Å². The number of para-hydroxylation sites is 1. The fourth-order valence-corrected chi connectivity index (χ4v) is 3.61. The van der Waals surface area contributed by atoms with Crippen molar-refractivity contribution in [2.75, 3.05) is 37.6 Å². The topological polar surface area (TPSA) is 36.3 Å². The van der Waals surface area contributed by atoms with Crippen molar-refractivity contribution < 1.29 is 0 Å². The van der Waals surface area contributed by atoms with Crippen LogP contribution in [0.1, 0.15) is 39.0 Å². The molecule has 26 heavy (non-hydrogen) atoms. The molecular weight excluding hydrogens is 322 g/mol. The first-order valence-electron chi connectivity index (χ1n) is 10.0. The maximum atomic E-state index is 5.01. The van der Waals surface area contributed by atoms with Crippen molar-refractivity contribution in [3.8, 4) is 5.69 Å². The van der Waals surface area contributed by atoms with Gasteiger partial charge < -0.3 is 15.1 Å². The highest BCUT2D eigenvalue weighted by atomic mass is 15.4. The van der Waals surface area contributed by atoms with E-state index >= 15 is 0 Å². The first-order valence-corrected chi connectivity index (χ1v) is 10.0. The van der Waals surface area contributed by atoms with Crippen LogP contribution in [-0.2, 0) is 13.0 Å². The monoisotopic (exact) mass is 355 g/mol. The van der Waals surface area contributed by atoms with Crippen molar-refractivity contribution in [1.82, 2.24) is 20.0 Å². The van der Waals surface area contributed by atoms with Gasteiger partial charge in [-0.05, 0) is 25.1 Å². The summed E-state index contributed by atoms with van der Waals surface area (Å²) in [6.45, 7) is 15.2.